The number of hydrogen-bond donors (Lipinski definition) is 1. The third-order valence-corrected chi connectivity index (χ3v) is 2.89. The molecule has 0 heterocycles. The van der Waals surface area contributed by atoms with E-state index in [0.717, 1.165) is 5.56 Å². The van der Waals surface area contributed by atoms with Crippen molar-refractivity contribution in [3.05, 3.63) is 57.2 Å². The van der Waals surface area contributed by atoms with Gasteiger partial charge >= 0.3 is 0 Å². The highest BCUT2D eigenvalue weighted by Crippen LogP contribution is 2.19. The van der Waals surface area contributed by atoms with E-state index in [0.29, 0.717) is 12.0 Å². The number of amides is 1. The van der Waals surface area contributed by atoms with Gasteiger partial charge in [-0.25, -0.2) is 0 Å². The molecule has 22 heavy (non-hydrogen) atoms. The second kappa shape index (κ2) is 7.74. The monoisotopic (exact) mass is 299 g/mol. The molecule has 0 aliphatic rings. The Labute approximate surface area is 128 Å². The quantitative estimate of drug-likeness (QED) is 0.286. The van der Waals surface area contributed by atoms with Gasteiger partial charge in [-0.05, 0) is 35.6 Å². The van der Waals surface area contributed by atoms with E-state index in [4.69, 9.17) is 11.0 Å². The summed E-state index contributed by atoms with van der Waals surface area (Å²) in [6.07, 6.45) is 3.89. The average Bonchev–Trinajstić information content (AvgIpc) is 2.44. The summed E-state index contributed by atoms with van der Waals surface area (Å²) in [6, 6.07) is 7.81. The first kappa shape index (κ1) is 17.1. The maximum atomic E-state index is 11.3. The predicted molar refractivity (Wildman–Crippen MR) is 83.4 cm³/mol. The Kier molecular flexibility index (Phi) is 6.02. The molecular weight excluding hydrogens is 282 g/mol. The molecule has 114 valence electrons. The molecule has 0 atom stereocenters. The Hall–Kier alpha value is -2.94. The van der Waals surface area contributed by atoms with E-state index in [1.165, 1.54) is 12.1 Å². The summed E-state index contributed by atoms with van der Waals surface area (Å²) in [5.74, 6) is -0.509. The lowest BCUT2D eigenvalue weighted by atomic mass is 9.97. The molecule has 0 radical (unpaired) electrons. The number of allylic oxidation sites excluding steroid dienone is 2. The maximum Gasteiger partial charge on any atom is 0.269 e. The molecule has 6 heteroatoms. The van der Waals surface area contributed by atoms with Crippen LogP contribution in [-0.2, 0) is 4.79 Å². The molecule has 0 saturated heterocycles. The fraction of sp³-hybridized carbons (Fsp3) is 0.250. The Morgan fingerprint density at radius 1 is 1.41 bits per heavy atom. The SMILES string of the molecule is CC(C)CC(/C=C/c1ccc([N+](=O)[O-])cc1)=C(\C#N)C(N)=O. The van der Waals surface area contributed by atoms with Crippen LogP contribution in [0.5, 0.6) is 0 Å². The normalized spacial score (nSPS) is 12.1. The van der Waals surface area contributed by atoms with Crippen molar-refractivity contribution in [2.75, 3.05) is 0 Å². The van der Waals surface area contributed by atoms with Crippen molar-refractivity contribution in [1.29, 1.82) is 5.26 Å². The summed E-state index contributed by atoms with van der Waals surface area (Å²) in [5, 5.41) is 19.7. The number of primary amides is 1. The Bertz CT molecular complexity index is 665. The van der Waals surface area contributed by atoms with Crippen molar-refractivity contribution in [2.45, 2.75) is 20.3 Å². The average molecular weight is 299 g/mol. The zero-order valence-corrected chi connectivity index (χ0v) is 12.4. The van der Waals surface area contributed by atoms with Gasteiger partial charge in [-0.3, -0.25) is 14.9 Å². The smallest absolute Gasteiger partial charge is 0.269 e. The Morgan fingerprint density at radius 2 is 2.00 bits per heavy atom. The number of nitro groups is 1. The van der Waals surface area contributed by atoms with Crippen molar-refractivity contribution in [1.82, 2.24) is 0 Å². The second-order valence-corrected chi connectivity index (χ2v) is 5.16. The van der Waals surface area contributed by atoms with Gasteiger partial charge in [0.15, 0.2) is 0 Å². The van der Waals surface area contributed by atoms with Gasteiger partial charge < -0.3 is 5.73 Å². The van der Waals surface area contributed by atoms with Gasteiger partial charge in [0.05, 0.1) is 4.92 Å². The van der Waals surface area contributed by atoms with Crippen LogP contribution in [0.4, 0.5) is 5.69 Å². The number of nitro benzene ring substituents is 1. The first-order valence-electron chi connectivity index (χ1n) is 6.70. The number of non-ortho nitro benzene ring substituents is 1. The van der Waals surface area contributed by atoms with Crippen LogP contribution < -0.4 is 5.73 Å². The summed E-state index contributed by atoms with van der Waals surface area (Å²) in [6.45, 7) is 3.94. The van der Waals surface area contributed by atoms with Crippen molar-refractivity contribution in [3.8, 4) is 6.07 Å². The minimum atomic E-state index is -0.758. The number of nitrogens with two attached hydrogens (primary N) is 1. The zero-order valence-electron chi connectivity index (χ0n) is 12.4. The van der Waals surface area contributed by atoms with Crippen molar-refractivity contribution in [2.24, 2.45) is 11.7 Å². The molecule has 2 N–H and O–H groups in total. The number of nitrogens with zero attached hydrogens (tertiary/aromatic N) is 2. The largest absolute Gasteiger partial charge is 0.365 e. The number of nitriles is 1. The number of carbonyl (C=O) groups excluding carboxylic acids is 1. The molecule has 1 aromatic rings. The van der Waals surface area contributed by atoms with E-state index in [-0.39, 0.29) is 17.2 Å². The van der Waals surface area contributed by atoms with Crippen LogP contribution in [0, 0.1) is 27.4 Å². The van der Waals surface area contributed by atoms with E-state index in [1.54, 1.807) is 24.3 Å². The van der Waals surface area contributed by atoms with Crippen LogP contribution >= 0.6 is 0 Å². The number of carbonyl (C=O) groups is 1. The first-order chi connectivity index (χ1) is 10.3. The maximum absolute atomic E-state index is 11.3. The van der Waals surface area contributed by atoms with Crippen LogP contribution in [0.2, 0.25) is 0 Å². The minimum absolute atomic E-state index is 0.00458. The number of rotatable bonds is 6. The lowest BCUT2D eigenvalue weighted by Gasteiger charge is -2.07. The molecular formula is C16H17N3O3. The standard InChI is InChI=1S/C16H17N3O3/c1-11(2)9-13(15(10-17)16(18)20)6-3-12-4-7-14(8-5-12)19(21)22/h3-8,11H,9H2,1-2H3,(H2,18,20)/b6-3+,15-13+. The Balaban J connectivity index is 3.11. The molecule has 1 rings (SSSR count). The molecule has 0 aliphatic carbocycles. The molecule has 0 aliphatic heterocycles. The molecule has 0 spiro atoms. The van der Waals surface area contributed by atoms with E-state index >= 15 is 0 Å². The summed E-state index contributed by atoms with van der Waals surface area (Å²) < 4.78 is 0. The Morgan fingerprint density at radius 3 is 2.41 bits per heavy atom. The fourth-order valence-corrected chi connectivity index (χ4v) is 1.88. The number of benzene rings is 1. The van der Waals surface area contributed by atoms with Gasteiger partial charge in [0.25, 0.3) is 11.6 Å². The molecule has 0 bridgehead atoms. The summed E-state index contributed by atoms with van der Waals surface area (Å²) in [5.41, 5.74) is 6.45. The molecule has 1 aromatic carbocycles. The second-order valence-electron chi connectivity index (χ2n) is 5.16. The molecule has 0 fully saturated rings. The molecule has 0 aromatic heterocycles. The molecule has 1 amide bonds. The summed E-state index contributed by atoms with van der Waals surface area (Å²) >= 11 is 0. The van der Waals surface area contributed by atoms with Gasteiger partial charge in [0, 0.05) is 12.1 Å². The highest BCUT2D eigenvalue weighted by atomic mass is 16.6. The lowest BCUT2D eigenvalue weighted by Crippen LogP contribution is -2.15. The highest BCUT2D eigenvalue weighted by molar-refractivity contribution is 5.97. The van der Waals surface area contributed by atoms with Crippen LogP contribution in [0.1, 0.15) is 25.8 Å². The summed E-state index contributed by atoms with van der Waals surface area (Å²) in [7, 11) is 0. The van der Waals surface area contributed by atoms with E-state index < -0.39 is 10.8 Å². The topological polar surface area (TPSA) is 110 Å². The molecule has 0 saturated carbocycles. The van der Waals surface area contributed by atoms with Gasteiger partial charge in [-0.15, -0.1) is 0 Å². The van der Waals surface area contributed by atoms with Crippen LogP contribution in [0.15, 0.2) is 41.5 Å². The van der Waals surface area contributed by atoms with Gasteiger partial charge in [-0.2, -0.15) is 5.26 Å². The van der Waals surface area contributed by atoms with E-state index in [1.807, 2.05) is 19.9 Å². The van der Waals surface area contributed by atoms with Crippen LogP contribution in [-0.4, -0.2) is 10.8 Å². The zero-order chi connectivity index (χ0) is 16.7. The third kappa shape index (κ3) is 4.87. The van der Waals surface area contributed by atoms with Crippen LogP contribution in [0.25, 0.3) is 6.08 Å². The highest BCUT2D eigenvalue weighted by Gasteiger charge is 2.11. The third-order valence-electron chi connectivity index (χ3n) is 2.89. The van der Waals surface area contributed by atoms with Gasteiger partial charge in [0.2, 0.25) is 0 Å². The molecule has 0 unspecified atom stereocenters. The van der Waals surface area contributed by atoms with Crippen molar-refractivity contribution >= 4 is 17.7 Å². The van der Waals surface area contributed by atoms with E-state index in [2.05, 4.69) is 0 Å². The molecule has 6 nitrogen and oxygen atoms in total. The lowest BCUT2D eigenvalue weighted by molar-refractivity contribution is -0.384. The fourth-order valence-electron chi connectivity index (χ4n) is 1.88. The van der Waals surface area contributed by atoms with E-state index in [9.17, 15) is 14.9 Å². The summed E-state index contributed by atoms with van der Waals surface area (Å²) in [4.78, 5) is 21.4. The first-order valence-corrected chi connectivity index (χ1v) is 6.70. The number of hydrogen-bond acceptors (Lipinski definition) is 4. The van der Waals surface area contributed by atoms with Crippen LogP contribution in [0.3, 0.4) is 0 Å². The van der Waals surface area contributed by atoms with Gasteiger partial charge in [0.1, 0.15) is 11.6 Å². The minimum Gasteiger partial charge on any atom is -0.365 e. The van der Waals surface area contributed by atoms with Crippen molar-refractivity contribution < 1.29 is 9.72 Å². The van der Waals surface area contributed by atoms with Crippen molar-refractivity contribution in [3.63, 3.8) is 0 Å². The van der Waals surface area contributed by atoms with Gasteiger partial charge in [-0.1, -0.05) is 26.0 Å². The predicted octanol–water partition coefficient (Wildman–Crippen LogP) is 2.96.